The van der Waals surface area contributed by atoms with Crippen LogP contribution in [0.3, 0.4) is 0 Å². The van der Waals surface area contributed by atoms with Gasteiger partial charge in [-0.3, -0.25) is 9.78 Å². The van der Waals surface area contributed by atoms with Crippen LogP contribution in [-0.4, -0.2) is 53.9 Å². The van der Waals surface area contributed by atoms with Crippen molar-refractivity contribution in [3.05, 3.63) is 24.3 Å². The highest BCUT2D eigenvalue weighted by Crippen LogP contribution is 2.22. The number of nitrogens with one attached hydrogen (secondary N) is 1. The van der Waals surface area contributed by atoms with Gasteiger partial charge in [0.05, 0.1) is 23.2 Å². The predicted octanol–water partition coefficient (Wildman–Crippen LogP) is -0.673. The summed E-state index contributed by atoms with van der Waals surface area (Å²) >= 11 is 0. The fraction of sp³-hybridized carbons (Fsp3) is 0.500. The zero-order valence-electron chi connectivity index (χ0n) is 11.4. The number of aromatic nitrogens is 2. The second kappa shape index (κ2) is 5.76. The Bertz CT molecular complexity index is 646. The van der Waals surface area contributed by atoms with Crippen molar-refractivity contribution in [2.75, 3.05) is 18.1 Å². The van der Waals surface area contributed by atoms with Crippen molar-refractivity contribution >= 4 is 21.7 Å². The van der Waals surface area contributed by atoms with Gasteiger partial charge in [0, 0.05) is 12.4 Å². The summed E-state index contributed by atoms with van der Waals surface area (Å²) in [7, 11) is -3.11. The first kappa shape index (κ1) is 15.4. The van der Waals surface area contributed by atoms with Gasteiger partial charge < -0.3 is 10.1 Å². The lowest BCUT2D eigenvalue weighted by atomic mass is 10.0. The third-order valence-electron chi connectivity index (χ3n) is 3.05. The molecule has 1 fully saturated rings. The Kier molecular flexibility index (Phi) is 4.21. The third kappa shape index (κ3) is 4.22. The van der Waals surface area contributed by atoms with Gasteiger partial charge in [0.1, 0.15) is 0 Å². The van der Waals surface area contributed by atoms with Crippen LogP contribution in [0.25, 0.3) is 0 Å². The van der Waals surface area contributed by atoms with E-state index in [2.05, 4.69) is 15.3 Å². The Morgan fingerprint density at radius 1 is 1.43 bits per heavy atom. The molecule has 114 valence electrons. The van der Waals surface area contributed by atoms with Crippen LogP contribution in [0, 0.1) is 0 Å². The minimum absolute atomic E-state index is 0.0000408. The molecule has 1 aromatic heterocycles. The molecule has 8 nitrogen and oxygen atoms in total. The van der Waals surface area contributed by atoms with Crippen LogP contribution in [0.15, 0.2) is 18.6 Å². The van der Waals surface area contributed by atoms with Crippen molar-refractivity contribution in [2.45, 2.75) is 18.9 Å². The van der Waals surface area contributed by atoms with E-state index in [1.54, 1.807) is 6.92 Å². The molecule has 0 saturated carbocycles. The lowest BCUT2D eigenvalue weighted by Crippen LogP contribution is -2.48. The maximum atomic E-state index is 11.7. The highest BCUT2D eigenvalue weighted by molar-refractivity contribution is 7.91. The highest BCUT2D eigenvalue weighted by atomic mass is 32.2. The number of esters is 1. The fourth-order valence-corrected chi connectivity index (χ4v) is 4.18. The minimum Gasteiger partial charge on any atom is -0.451 e. The van der Waals surface area contributed by atoms with Crippen LogP contribution in [0.2, 0.25) is 0 Å². The Hall–Kier alpha value is -2.03. The monoisotopic (exact) mass is 313 g/mol. The Morgan fingerprint density at radius 3 is 2.76 bits per heavy atom. The summed E-state index contributed by atoms with van der Waals surface area (Å²) in [4.78, 5) is 30.8. The number of ether oxygens (including phenoxy) is 1. The smallest absolute Gasteiger partial charge is 0.359 e. The molecular formula is C12H15N3O5S. The normalized spacial score (nSPS) is 23.5. The first-order valence-corrected chi connectivity index (χ1v) is 8.06. The largest absolute Gasteiger partial charge is 0.451 e. The van der Waals surface area contributed by atoms with Crippen LogP contribution in [0.5, 0.6) is 0 Å². The molecule has 21 heavy (non-hydrogen) atoms. The topological polar surface area (TPSA) is 115 Å². The van der Waals surface area contributed by atoms with Crippen LogP contribution in [0.4, 0.5) is 0 Å². The van der Waals surface area contributed by atoms with E-state index in [1.165, 1.54) is 18.6 Å². The summed E-state index contributed by atoms with van der Waals surface area (Å²) in [5.41, 5.74) is -0.811. The van der Waals surface area contributed by atoms with Gasteiger partial charge in [-0.15, -0.1) is 0 Å². The van der Waals surface area contributed by atoms with E-state index in [4.69, 9.17) is 4.74 Å². The van der Waals surface area contributed by atoms with Gasteiger partial charge in [-0.25, -0.2) is 18.2 Å². The summed E-state index contributed by atoms with van der Waals surface area (Å²) in [5, 5.41) is 2.59. The van der Waals surface area contributed by atoms with E-state index >= 15 is 0 Å². The van der Waals surface area contributed by atoms with Crippen LogP contribution in [0.1, 0.15) is 23.8 Å². The summed E-state index contributed by atoms with van der Waals surface area (Å²) in [5.74, 6) is -1.37. The molecule has 1 amide bonds. The van der Waals surface area contributed by atoms with Gasteiger partial charge in [-0.2, -0.15) is 0 Å². The van der Waals surface area contributed by atoms with Crippen molar-refractivity contribution in [3.63, 3.8) is 0 Å². The number of carbonyl (C=O) groups excluding carboxylic acids is 2. The lowest BCUT2D eigenvalue weighted by molar-refractivity contribution is -0.125. The molecule has 0 unspecified atom stereocenters. The average molecular weight is 313 g/mol. The summed E-state index contributed by atoms with van der Waals surface area (Å²) < 4.78 is 27.6. The van der Waals surface area contributed by atoms with Crippen molar-refractivity contribution in [1.29, 1.82) is 0 Å². The van der Waals surface area contributed by atoms with Gasteiger partial charge in [-0.1, -0.05) is 0 Å². The highest BCUT2D eigenvalue weighted by Gasteiger charge is 2.39. The molecule has 9 heteroatoms. The Morgan fingerprint density at radius 2 is 2.19 bits per heavy atom. The second-order valence-electron chi connectivity index (χ2n) is 5.12. The van der Waals surface area contributed by atoms with E-state index in [0.29, 0.717) is 6.42 Å². The molecule has 0 bridgehead atoms. The van der Waals surface area contributed by atoms with E-state index in [9.17, 15) is 18.0 Å². The van der Waals surface area contributed by atoms with Crippen molar-refractivity contribution in [2.24, 2.45) is 0 Å². The lowest BCUT2D eigenvalue weighted by Gasteiger charge is -2.23. The molecule has 0 aliphatic carbocycles. The SMILES string of the molecule is C[C@@]1(NC(=O)COC(=O)c2cnccn2)CCS(=O)(=O)C1. The van der Waals surface area contributed by atoms with Crippen LogP contribution in [-0.2, 0) is 19.4 Å². The summed E-state index contributed by atoms with van der Waals surface area (Å²) in [6.45, 7) is 1.16. The van der Waals surface area contributed by atoms with E-state index in [-0.39, 0.29) is 17.2 Å². The number of nitrogens with zero attached hydrogens (tertiary/aromatic N) is 2. The van der Waals surface area contributed by atoms with Gasteiger partial charge in [0.25, 0.3) is 5.91 Å². The quantitative estimate of drug-likeness (QED) is 0.733. The first-order chi connectivity index (χ1) is 9.80. The zero-order valence-corrected chi connectivity index (χ0v) is 12.2. The molecule has 2 heterocycles. The maximum Gasteiger partial charge on any atom is 0.359 e. The molecule has 1 aliphatic heterocycles. The Balaban J connectivity index is 1.85. The molecule has 1 aliphatic rings. The molecule has 0 spiro atoms. The molecule has 1 N–H and O–H groups in total. The minimum atomic E-state index is -3.11. The molecule has 1 aromatic rings. The second-order valence-corrected chi connectivity index (χ2v) is 7.30. The number of carbonyl (C=O) groups is 2. The van der Waals surface area contributed by atoms with Crippen LogP contribution >= 0.6 is 0 Å². The zero-order chi connectivity index (χ0) is 15.5. The molecule has 0 aromatic carbocycles. The van der Waals surface area contributed by atoms with Gasteiger partial charge >= 0.3 is 5.97 Å². The molecule has 1 saturated heterocycles. The third-order valence-corrected chi connectivity index (χ3v) is 4.95. The van der Waals surface area contributed by atoms with Crippen molar-refractivity contribution in [1.82, 2.24) is 15.3 Å². The molecule has 0 radical (unpaired) electrons. The number of hydrogen-bond acceptors (Lipinski definition) is 7. The fourth-order valence-electron chi connectivity index (χ4n) is 2.09. The summed E-state index contributed by atoms with van der Waals surface area (Å²) in [6.07, 6.45) is 4.32. The van der Waals surface area contributed by atoms with Crippen molar-refractivity contribution < 1.29 is 22.7 Å². The average Bonchev–Trinajstić information content (AvgIpc) is 2.70. The van der Waals surface area contributed by atoms with E-state index in [1.807, 2.05) is 0 Å². The molecule has 2 rings (SSSR count). The predicted molar refractivity (Wildman–Crippen MR) is 72.1 cm³/mol. The number of sulfone groups is 1. The van der Waals surface area contributed by atoms with Crippen molar-refractivity contribution in [3.8, 4) is 0 Å². The number of hydrogen-bond donors (Lipinski definition) is 1. The Labute approximate surface area is 121 Å². The number of amides is 1. The van der Waals surface area contributed by atoms with Gasteiger partial charge in [0.15, 0.2) is 22.1 Å². The molecular weight excluding hydrogens is 298 g/mol. The van der Waals surface area contributed by atoms with E-state index in [0.717, 1.165) is 0 Å². The van der Waals surface area contributed by atoms with E-state index < -0.39 is 33.9 Å². The standard InChI is InChI=1S/C12H15N3O5S/c1-12(2-5-21(18,19)8-12)15-10(16)7-20-11(17)9-6-13-3-4-14-9/h3-4,6H,2,5,7-8H2,1H3,(H,15,16)/t12-/m1/s1. The number of rotatable bonds is 4. The molecule has 1 atom stereocenters. The maximum absolute atomic E-state index is 11.7. The first-order valence-electron chi connectivity index (χ1n) is 6.24. The van der Waals surface area contributed by atoms with Gasteiger partial charge in [-0.05, 0) is 13.3 Å². The van der Waals surface area contributed by atoms with Crippen LogP contribution < -0.4 is 5.32 Å². The van der Waals surface area contributed by atoms with Gasteiger partial charge in [0.2, 0.25) is 0 Å². The summed E-state index contributed by atoms with van der Waals surface area (Å²) in [6, 6.07) is 0.